The second-order valence-electron chi connectivity index (χ2n) is 5.71. The molecular weight excluding hydrogens is 302 g/mol. The van der Waals surface area contributed by atoms with E-state index in [1.54, 1.807) is 0 Å². The number of fused-ring (bicyclic) bond motifs is 1. The zero-order valence-corrected chi connectivity index (χ0v) is 14.0. The molecule has 2 aromatic carbocycles. The fraction of sp³-hybridized carbons (Fsp3) is 0.250. The Hall–Kier alpha value is -2.75. The molecule has 0 bridgehead atoms. The fourth-order valence-corrected chi connectivity index (χ4v) is 2.84. The first-order valence-electron chi connectivity index (χ1n) is 8.05. The lowest BCUT2D eigenvalue weighted by Gasteiger charge is -2.09. The largest absolute Gasteiger partial charge is 0.493 e. The molecule has 0 aliphatic heterocycles. The average Bonchev–Trinajstić information content (AvgIpc) is 2.98. The third kappa shape index (κ3) is 3.27. The van der Waals surface area contributed by atoms with Gasteiger partial charge in [-0.15, -0.1) is 0 Å². The summed E-state index contributed by atoms with van der Waals surface area (Å²) < 4.78 is 12.8. The van der Waals surface area contributed by atoms with Crippen LogP contribution in [0.25, 0.3) is 10.9 Å². The summed E-state index contributed by atoms with van der Waals surface area (Å²) in [5.41, 5.74) is 2.78. The number of hydrogen-bond donors (Lipinski definition) is 0. The Labute approximate surface area is 141 Å². The Bertz CT molecular complexity index is 851. The predicted molar refractivity (Wildman–Crippen MR) is 94.6 cm³/mol. The first-order chi connectivity index (χ1) is 11.7. The molecule has 0 spiro atoms. The maximum absolute atomic E-state index is 11.9. The molecule has 124 valence electrons. The van der Waals surface area contributed by atoms with Gasteiger partial charge in [-0.05, 0) is 31.0 Å². The van der Waals surface area contributed by atoms with Crippen molar-refractivity contribution < 1.29 is 14.3 Å². The predicted octanol–water partition coefficient (Wildman–Crippen LogP) is 4.21. The SMILES string of the molecule is COC(=O)c1cn(CCCOc2ccccc2C)c2ccccc12. The highest BCUT2D eigenvalue weighted by Crippen LogP contribution is 2.22. The molecule has 3 aromatic rings. The first-order valence-corrected chi connectivity index (χ1v) is 8.05. The summed E-state index contributed by atoms with van der Waals surface area (Å²) in [4.78, 5) is 11.9. The van der Waals surface area contributed by atoms with Crippen LogP contribution < -0.4 is 4.74 Å². The van der Waals surface area contributed by atoms with Crippen molar-refractivity contribution >= 4 is 16.9 Å². The van der Waals surface area contributed by atoms with Gasteiger partial charge in [0, 0.05) is 23.6 Å². The van der Waals surface area contributed by atoms with E-state index in [9.17, 15) is 4.79 Å². The van der Waals surface area contributed by atoms with Gasteiger partial charge < -0.3 is 14.0 Å². The van der Waals surface area contributed by atoms with E-state index in [2.05, 4.69) is 4.57 Å². The summed E-state index contributed by atoms with van der Waals surface area (Å²) in [5.74, 6) is 0.617. The van der Waals surface area contributed by atoms with Crippen molar-refractivity contribution in [3.05, 3.63) is 65.9 Å². The van der Waals surface area contributed by atoms with Gasteiger partial charge in [0.2, 0.25) is 0 Å². The third-order valence-electron chi connectivity index (χ3n) is 4.09. The van der Waals surface area contributed by atoms with Gasteiger partial charge in [0.05, 0.1) is 19.3 Å². The Kier molecular flexibility index (Phi) is 4.85. The van der Waals surface area contributed by atoms with Gasteiger partial charge in [-0.2, -0.15) is 0 Å². The number of carbonyl (C=O) groups excluding carboxylic acids is 1. The standard InChI is InChI=1S/C20H21NO3/c1-15-8-3-6-11-19(15)24-13-7-12-21-14-17(20(22)23-2)16-9-4-5-10-18(16)21/h3-6,8-11,14H,7,12-13H2,1-2H3. The molecule has 0 N–H and O–H groups in total. The number of methoxy groups -OCH3 is 1. The van der Waals surface area contributed by atoms with Crippen molar-refractivity contribution in [2.24, 2.45) is 0 Å². The van der Waals surface area contributed by atoms with Crippen molar-refractivity contribution in [1.82, 2.24) is 4.57 Å². The molecule has 0 aliphatic carbocycles. The maximum atomic E-state index is 11.9. The lowest BCUT2D eigenvalue weighted by atomic mass is 10.2. The number of ether oxygens (including phenoxy) is 2. The second kappa shape index (κ2) is 7.21. The van der Waals surface area contributed by atoms with Gasteiger partial charge in [0.25, 0.3) is 0 Å². The maximum Gasteiger partial charge on any atom is 0.340 e. The molecule has 1 heterocycles. The lowest BCUT2D eigenvalue weighted by molar-refractivity contribution is 0.0602. The number of nitrogens with zero attached hydrogens (tertiary/aromatic N) is 1. The molecule has 4 nitrogen and oxygen atoms in total. The van der Waals surface area contributed by atoms with Gasteiger partial charge in [-0.25, -0.2) is 4.79 Å². The number of para-hydroxylation sites is 2. The Morgan fingerprint density at radius 2 is 1.83 bits per heavy atom. The van der Waals surface area contributed by atoms with E-state index in [1.165, 1.54) is 7.11 Å². The Morgan fingerprint density at radius 1 is 1.08 bits per heavy atom. The fourth-order valence-electron chi connectivity index (χ4n) is 2.84. The molecular formula is C20H21NO3. The van der Waals surface area contributed by atoms with E-state index in [-0.39, 0.29) is 5.97 Å². The number of aromatic nitrogens is 1. The summed E-state index contributed by atoms with van der Waals surface area (Å²) in [6.07, 6.45) is 2.72. The van der Waals surface area contributed by atoms with Gasteiger partial charge in [-0.3, -0.25) is 0 Å². The van der Waals surface area contributed by atoms with Gasteiger partial charge in [0.15, 0.2) is 0 Å². The van der Waals surface area contributed by atoms with Gasteiger partial charge >= 0.3 is 5.97 Å². The monoisotopic (exact) mass is 323 g/mol. The molecule has 0 amide bonds. The summed E-state index contributed by atoms with van der Waals surface area (Å²) in [6, 6.07) is 15.9. The molecule has 0 radical (unpaired) electrons. The minimum absolute atomic E-state index is 0.305. The summed E-state index contributed by atoms with van der Waals surface area (Å²) in [7, 11) is 1.41. The van der Waals surface area contributed by atoms with Crippen LogP contribution in [-0.2, 0) is 11.3 Å². The summed E-state index contributed by atoms with van der Waals surface area (Å²) in [5, 5.41) is 0.921. The second-order valence-corrected chi connectivity index (χ2v) is 5.71. The zero-order chi connectivity index (χ0) is 16.9. The van der Waals surface area contributed by atoms with Crippen molar-refractivity contribution in [3.8, 4) is 5.75 Å². The molecule has 0 fully saturated rings. The minimum atomic E-state index is -0.305. The van der Waals surface area contributed by atoms with Crippen molar-refractivity contribution in [2.75, 3.05) is 13.7 Å². The van der Waals surface area contributed by atoms with E-state index in [4.69, 9.17) is 9.47 Å². The van der Waals surface area contributed by atoms with Crippen LogP contribution in [0, 0.1) is 6.92 Å². The molecule has 0 saturated heterocycles. The molecule has 1 aromatic heterocycles. The quantitative estimate of drug-likeness (QED) is 0.504. The summed E-state index contributed by atoms with van der Waals surface area (Å²) in [6.45, 7) is 3.45. The van der Waals surface area contributed by atoms with Crippen LogP contribution in [0.2, 0.25) is 0 Å². The van der Waals surface area contributed by atoms with Gasteiger partial charge in [-0.1, -0.05) is 36.4 Å². The molecule has 0 unspecified atom stereocenters. The van der Waals surface area contributed by atoms with Crippen LogP contribution in [0.15, 0.2) is 54.7 Å². The van der Waals surface area contributed by atoms with E-state index in [0.29, 0.717) is 12.2 Å². The number of benzene rings is 2. The first kappa shape index (κ1) is 16.1. The topological polar surface area (TPSA) is 40.5 Å². The van der Waals surface area contributed by atoms with Crippen LogP contribution in [0.4, 0.5) is 0 Å². The highest BCUT2D eigenvalue weighted by Gasteiger charge is 2.14. The van der Waals surface area contributed by atoms with Crippen LogP contribution in [0.3, 0.4) is 0 Å². The van der Waals surface area contributed by atoms with Crippen molar-refractivity contribution in [3.63, 3.8) is 0 Å². The normalized spacial score (nSPS) is 10.8. The average molecular weight is 323 g/mol. The Balaban J connectivity index is 1.69. The molecule has 0 atom stereocenters. The lowest BCUT2D eigenvalue weighted by Crippen LogP contribution is -2.05. The number of hydrogen-bond acceptors (Lipinski definition) is 3. The Morgan fingerprint density at radius 3 is 2.62 bits per heavy atom. The van der Waals surface area contributed by atoms with E-state index >= 15 is 0 Å². The highest BCUT2D eigenvalue weighted by molar-refractivity contribution is 6.04. The molecule has 4 heteroatoms. The van der Waals surface area contributed by atoms with Crippen LogP contribution in [0.5, 0.6) is 5.75 Å². The number of aryl methyl sites for hydroxylation is 2. The number of carbonyl (C=O) groups is 1. The smallest absolute Gasteiger partial charge is 0.340 e. The van der Waals surface area contributed by atoms with Crippen LogP contribution in [0.1, 0.15) is 22.3 Å². The number of esters is 1. The van der Waals surface area contributed by atoms with Crippen molar-refractivity contribution in [1.29, 1.82) is 0 Å². The third-order valence-corrected chi connectivity index (χ3v) is 4.09. The molecule has 0 saturated carbocycles. The molecule has 24 heavy (non-hydrogen) atoms. The molecule has 3 rings (SSSR count). The highest BCUT2D eigenvalue weighted by atomic mass is 16.5. The zero-order valence-electron chi connectivity index (χ0n) is 14.0. The molecule has 0 aliphatic rings. The number of rotatable bonds is 6. The van der Waals surface area contributed by atoms with Crippen LogP contribution in [-0.4, -0.2) is 24.3 Å². The van der Waals surface area contributed by atoms with Crippen molar-refractivity contribution in [2.45, 2.75) is 19.9 Å². The van der Waals surface area contributed by atoms with Gasteiger partial charge in [0.1, 0.15) is 5.75 Å². The van der Waals surface area contributed by atoms with E-state index in [1.807, 2.05) is 61.7 Å². The van der Waals surface area contributed by atoms with E-state index in [0.717, 1.165) is 35.2 Å². The van der Waals surface area contributed by atoms with Crippen LogP contribution >= 0.6 is 0 Å². The summed E-state index contributed by atoms with van der Waals surface area (Å²) >= 11 is 0. The minimum Gasteiger partial charge on any atom is -0.493 e. The van der Waals surface area contributed by atoms with E-state index < -0.39 is 0 Å².